The van der Waals surface area contributed by atoms with Crippen molar-refractivity contribution >= 4 is 17.9 Å². The van der Waals surface area contributed by atoms with Crippen LogP contribution in [0.4, 0.5) is 0 Å². The third-order valence-electron chi connectivity index (χ3n) is 10.6. The van der Waals surface area contributed by atoms with Gasteiger partial charge in [0.25, 0.3) is 0 Å². The van der Waals surface area contributed by atoms with Gasteiger partial charge in [-0.3, -0.25) is 14.4 Å². The zero-order valence-electron chi connectivity index (χ0n) is 35.8. The molecule has 0 fully saturated rings. The lowest BCUT2D eigenvalue weighted by Crippen LogP contribution is -2.30. The third-order valence-corrected chi connectivity index (χ3v) is 10.6. The van der Waals surface area contributed by atoms with E-state index in [-0.39, 0.29) is 31.1 Å². The van der Waals surface area contributed by atoms with Crippen LogP contribution in [-0.2, 0) is 28.6 Å². The zero-order valence-corrected chi connectivity index (χ0v) is 35.8. The SMILES string of the molecule is CCCCCCCCCCCCCCCCCC(=O)OC[C@H](COC(=O)CCCCCCCCC)OC(=O)CCCCCCCCCCCCCCC. The molecule has 1 atom stereocenters. The number of unbranched alkanes of at least 4 members (excludes halogenated alkanes) is 32. The van der Waals surface area contributed by atoms with Gasteiger partial charge in [0.05, 0.1) is 0 Å². The Kier molecular flexibility index (Phi) is 41.8. The Balaban J connectivity index is 4.23. The van der Waals surface area contributed by atoms with E-state index in [0.29, 0.717) is 19.3 Å². The molecule has 0 N–H and O–H groups in total. The van der Waals surface area contributed by atoms with Crippen LogP contribution < -0.4 is 0 Å². The van der Waals surface area contributed by atoms with E-state index in [1.165, 1.54) is 167 Å². The summed E-state index contributed by atoms with van der Waals surface area (Å²) in [6, 6.07) is 0. The Hall–Kier alpha value is -1.59. The highest BCUT2D eigenvalue weighted by Gasteiger charge is 2.19. The van der Waals surface area contributed by atoms with Crippen molar-refractivity contribution in [1.29, 1.82) is 0 Å². The first-order valence-electron chi connectivity index (χ1n) is 23.5. The smallest absolute Gasteiger partial charge is 0.306 e. The Bertz CT molecular complexity index is 783. The maximum absolute atomic E-state index is 12.7. The molecular formula is C47H90O6. The lowest BCUT2D eigenvalue weighted by atomic mass is 10.0. The monoisotopic (exact) mass is 751 g/mol. The minimum absolute atomic E-state index is 0.0629. The average molecular weight is 751 g/mol. The molecule has 0 aliphatic rings. The molecule has 6 heteroatoms. The van der Waals surface area contributed by atoms with Crippen LogP contribution >= 0.6 is 0 Å². The summed E-state index contributed by atoms with van der Waals surface area (Å²) in [6.07, 6.45) is 43.8. The number of carbonyl (C=O) groups is 3. The molecule has 314 valence electrons. The highest BCUT2D eigenvalue weighted by molar-refractivity contribution is 5.71. The second kappa shape index (κ2) is 43.1. The highest BCUT2D eigenvalue weighted by atomic mass is 16.6. The first-order chi connectivity index (χ1) is 26.0. The standard InChI is InChI=1S/C47H90O6/c1-4-7-10-13-16-18-20-22-23-25-26-28-31-34-37-40-46(49)52-43-44(42-51-45(48)39-36-33-30-15-12-9-6-3)53-47(50)41-38-35-32-29-27-24-21-19-17-14-11-8-5-2/h44H,4-43H2,1-3H3/t44-/m0/s1. The van der Waals surface area contributed by atoms with Crippen LogP contribution in [0, 0.1) is 0 Å². The molecule has 0 radical (unpaired) electrons. The summed E-state index contributed by atoms with van der Waals surface area (Å²) in [6.45, 7) is 6.62. The van der Waals surface area contributed by atoms with Gasteiger partial charge in [-0.15, -0.1) is 0 Å². The van der Waals surface area contributed by atoms with Crippen molar-refractivity contribution in [3.05, 3.63) is 0 Å². The van der Waals surface area contributed by atoms with Crippen molar-refractivity contribution < 1.29 is 28.6 Å². The van der Waals surface area contributed by atoms with Gasteiger partial charge < -0.3 is 14.2 Å². The molecule has 0 rings (SSSR count). The van der Waals surface area contributed by atoms with Gasteiger partial charge in [0.15, 0.2) is 6.10 Å². The summed E-state index contributed by atoms with van der Waals surface area (Å²) < 4.78 is 16.7. The molecule has 0 saturated carbocycles. The van der Waals surface area contributed by atoms with Gasteiger partial charge >= 0.3 is 17.9 Å². The maximum Gasteiger partial charge on any atom is 0.306 e. The van der Waals surface area contributed by atoms with Crippen LogP contribution in [-0.4, -0.2) is 37.2 Å². The summed E-state index contributed by atoms with van der Waals surface area (Å²) in [5.41, 5.74) is 0. The van der Waals surface area contributed by atoms with Crippen molar-refractivity contribution in [3.8, 4) is 0 Å². The molecule has 0 aromatic heterocycles. The maximum atomic E-state index is 12.7. The van der Waals surface area contributed by atoms with Gasteiger partial charge in [0.2, 0.25) is 0 Å². The number of hydrogen-bond acceptors (Lipinski definition) is 6. The van der Waals surface area contributed by atoms with E-state index < -0.39 is 6.10 Å². The van der Waals surface area contributed by atoms with Crippen molar-refractivity contribution in [2.75, 3.05) is 13.2 Å². The van der Waals surface area contributed by atoms with Gasteiger partial charge in [0, 0.05) is 19.3 Å². The lowest BCUT2D eigenvalue weighted by Gasteiger charge is -2.18. The summed E-state index contributed by atoms with van der Waals surface area (Å²) in [4.78, 5) is 37.6. The van der Waals surface area contributed by atoms with Gasteiger partial charge in [-0.25, -0.2) is 0 Å². The molecule has 0 heterocycles. The average Bonchev–Trinajstić information content (AvgIpc) is 3.15. The van der Waals surface area contributed by atoms with Crippen LogP contribution in [0.15, 0.2) is 0 Å². The number of hydrogen-bond donors (Lipinski definition) is 0. The van der Waals surface area contributed by atoms with E-state index >= 15 is 0 Å². The molecule has 0 unspecified atom stereocenters. The van der Waals surface area contributed by atoms with Gasteiger partial charge in [-0.2, -0.15) is 0 Å². The molecule has 0 amide bonds. The summed E-state index contributed by atoms with van der Waals surface area (Å²) in [5, 5.41) is 0. The van der Waals surface area contributed by atoms with Crippen molar-refractivity contribution in [1.82, 2.24) is 0 Å². The molecule has 0 aliphatic heterocycles. The fraction of sp³-hybridized carbons (Fsp3) is 0.936. The fourth-order valence-electron chi connectivity index (χ4n) is 7.03. The summed E-state index contributed by atoms with van der Waals surface area (Å²) in [5.74, 6) is -0.855. The highest BCUT2D eigenvalue weighted by Crippen LogP contribution is 2.16. The molecule has 53 heavy (non-hydrogen) atoms. The molecule has 0 bridgehead atoms. The van der Waals surface area contributed by atoms with E-state index in [2.05, 4.69) is 20.8 Å². The van der Waals surface area contributed by atoms with E-state index in [4.69, 9.17) is 14.2 Å². The van der Waals surface area contributed by atoms with Crippen molar-refractivity contribution in [2.45, 2.75) is 271 Å². The minimum atomic E-state index is -0.757. The largest absolute Gasteiger partial charge is 0.462 e. The minimum Gasteiger partial charge on any atom is -0.462 e. The van der Waals surface area contributed by atoms with Crippen LogP contribution in [0.3, 0.4) is 0 Å². The number of rotatable bonds is 43. The number of esters is 3. The number of ether oxygens (including phenoxy) is 3. The number of carbonyl (C=O) groups excluding carboxylic acids is 3. The van der Waals surface area contributed by atoms with Gasteiger partial charge in [-0.05, 0) is 19.3 Å². The Morgan fingerprint density at radius 3 is 0.755 bits per heavy atom. The topological polar surface area (TPSA) is 78.9 Å². The second-order valence-electron chi connectivity index (χ2n) is 16.0. The molecule has 0 aliphatic carbocycles. The van der Waals surface area contributed by atoms with Crippen LogP contribution in [0.1, 0.15) is 265 Å². The molecule has 0 aromatic carbocycles. The Morgan fingerprint density at radius 2 is 0.509 bits per heavy atom. The normalized spacial score (nSPS) is 11.8. The van der Waals surface area contributed by atoms with E-state index in [1.807, 2.05) is 0 Å². The van der Waals surface area contributed by atoms with E-state index in [0.717, 1.165) is 57.8 Å². The van der Waals surface area contributed by atoms with Crippen LogP contribution in [0.5, 0.6) is 0 Å². The first-order valence-corrected chi connectivity index (χ1v) is 23.5. The molecule has 0 spiro atoms. The fourth-order valence-corrected chi connectivity index (χ4v) is 7.03. The van der Waals surface area contributed by atoms with Gasteiger partial charge in [-0.1, -0.05) is 226 Å². The lowest BCUT2D eigenvalue weighted by molar-refractivity contribution is -0.167. The molecule has 0 aromatic rings. The van der Waals surface area contributed by atoms with E-state index in [1.54, 1.807) is 0 Å². The van der Waals surface area contributed by atoms with Crippen LogP contribution in [0.25, 0.3) is 0 Å². The summed E-state index contributed by atoms with van der Waals surface area (Å²) >= 11 is 0. The molecule has 0 saturated heterocycles. The predicted octanol–water partition coefficient (Wildman–Crippen LogP) is 14.9. The summed E-state index contributed by atoms with van der Waals surface area (Å²) in [7, 11) is 0. The zero-order chi connectivity index (χ0) is 38.7. The molecule has 6 nitrogen and oxygen atoms in total. The Morgan fingerprint density at radius 1 is 0.302 bits per heavy atom. The van der Waals surface area contributed by atoms with Gasteiger partial charge in [0.1, 0.15) is 13.2 Å². The Labute approximate surface area is 329 Å². The van der Waals surface area contributed by atoms with Crippen molar-refractivity contribution in [3.63, 3.8) is 0 Å². The first kappa shape index (κ1) is 51.4. The quantitative estimate of drug-likeness (QED) is 0.0351. The second-order valence-corrected chi connectivity index (χ2v) is 16.0. The van der Waals surface area contributed by atoms with Crippen molar-refractivity contribution in [2.24, 2.45) is 0 Å². The van der Waals surface area contributed by atoms with E-state index in [9.17, 15) is 14.4 Å². The third kappa shape index (κ3) is 41.4. The van der Waals surface area contributed by atoms with Crippen LogP contribution in [0.2, 0.25) is 0 Å². The molecular weight excluding hydrogens is 661 g/mol. The predicted molar refractivity (Wildman–Crippen MR) is 224 cm³/mol.